The van der Waals surface area contributed by atoms with Crippen LogP contribution in [-0.2, 0) is 19.1 Å². The van der Waals surface area contributed by atoms with E-state index in [4.69, 9.17) is 15.2 Å². The molecular formula is C23H25N3O6. The number of nitrogens with one attached hydrogen (secondary N) is 1. The number of nitrogens with two attached hydrogens (primary N) is 1. The molecule has 1 aliphatic heterocycles. The minimum Gasteiger partial charge on any atom is -0.495 e. The molecule has 1 aliphatic rings. The molecular weight excluding hydrogens is 414 g/mol. The zero-order valence-corrected chi connectivity index (χ0v) is 18.1. The van der Waals surface area contributed by atoms with Crippen molar-refractivity contribution < 1.29 is 28.7 Å². The maximum Gasteiger partial charge on any atom is 0.312 e. The fourth-order valence-corrected chi connectivity index (χ4v) is 3.39. The first-order valence-electron chi connectivity index (χ1n) is 10.1. The summed E-state index contributed by atoms with van der Waals surface area (Å²) in [5.74, 6) is -2.12. The second-order valence-electron chi connectivity index (χ2n) is 7.59. The summed E-state index contributed by atoms with van der Waals surface area (Å²) in [5, 5.41) is 2.61. The number of amides is 3. The first-order valence-corrected chi connectivity index (χ1v) is 10.1. The van der Waals surface area contributed by atoms with Crippen LogP contribution in [0.25, 0.3) is 0 Å². The Hall–Kier alpha value is -3.88. The molecule has 0 spiro atoms. The van der Waals surface area contributed by atoms with Gasteiger partial charge in [-0.1, -0.05) is 6.07 Å². The molecule has 0 aliphatic carbocycles. The van der Waals surface area contributed by atoms with E-state index >= 15 is 0 Å². The molecule has 3 N–H and O–H groups in total. The van der Waals surface area contributed by atoms with Crippen molar-refractivity contribution in [2.45, 2.75) is 26.4 Å². The Morgan fingerprint density at radius 3 is 2.47 bits per heavy atom. The standard InChI is InChI=1S/C23H25N3O6/c1-13-4-9-19(31-3)18(10-13)26-12-16(11-20(26)27)23(30)32-14(2)22(29)25-17-7-5-15(6-8-17)21(24)28/h4-10,14,16H,11-12H2,1-3H3,(H2,24,28)(H,25,29)/t14-,16+/m0/s1. The summed E-state index contributed by atoms with van der Waals surface area (Å²) in [6.45, 7) is 3.49. The topological polar surface area (TPSA) is 128 Å². The van der Waals surface area contributed by atoms with Crippen molar-refractivity contribution in [3.05, 3.63) is 53.6 Å². The molecule has 1 heterocycles. The van der Waals surface area contributed by atoms with E-state index in [0.717, 1.165) is 5.56 Å². The summed E-state index contributed by atoms with van der Waals surface area (Å²) >= 11 is 0. The fraction of sp³-hybridized carbons (Fsp3) is 0.304. The van der Waals surface area contributed by atoms with Crippen molar-refractivity contribution in [1.29, 1.82) is 0 Å². The number of methoxy groups -OCH3 is 1. The number of carbonyl (C=O) groups is 4. The lowest BCUT2D eigenvalue weighted by Gasteiger charge is -2.20. The Balaban J connectivity index is 1.61. The Labute approximate surface area is 185 Å². The molecule has 32 heavy (non-hydrogen) atoms. The number of primary amides is 1. The molecule has 9 heteroatoms. The van der Waals surface area contributed by atoms with Gasteiger partial charge in [0.1, 0.15) is 5.75 Å². The lowest BCUT2D eigenvalue weighted by atomic mass is 10.1. The highest BCUT2D eigenvalue weighted by Gasteiger charge is 2.38. The van der Waals surface area contributed by atoms with Crippen LogP contribution in [0.3, 0.4) is 0 Å². The second kappa shape index (κ2) is 9.51. The smallest absolute Gasteiger partial charge is 0.312 e. The molecule has 9 nitrogen and oxygen atoms in total. The highest BCUT2D eigenvalue weighted by Crippen LogP contribution is 2.34. The summed E-state index contributed by atoms with van der Waals surface area (Å²) in [6, 6.07) is 11.5. The lowest BCUT2D eigenvalue weighted by Crippen LogP contribution is -2.33. The number of hydrogen-bond donors (Lipinski definition) is 2. The van der Waals surface area contributed by atoms with Gasteiger partial charge in [-0.3, -0.25) is 19.2 Å². The van der Waals surface area contributed by atoms with E-state index in [2.05, 4.69) is 5.32 Å². The van der Waals surface area contributed by atoms with Gasteiger partial charge < -0.3 is 25.4 Å². The van der Waals surface area contributed by atoms with E-state index in [9.17, 15) is 19.2 Å². The zero-order valence-electron chi connectivity index (χ0n) is 18.1. The van der Waals surface area contributed by atoms with Crippen molar-refractivity contribution in [3.8, 4) is 5.75 Å². The molecule has 2 aromatic carbocycles. The van der Waals surface area contributed by atoms with Crippen LogP contribution in [0.2, 0.25) is 0 Å². The normalized spacial score (nSPS) is 16.4. The van der Waals surface area contributed by atoms with E-state index < -0.39 is 29.8 Å². The predicted octanol–water partition coefficient (Wildman–Crippen LogP) is 2.03. The van der Waals surface area contributed by atoms with Gasteiger partial charge in [-0.2, -0.15) is 0 Å². The summed E-state index contributed by atoms with van der Waals surface area (Å²) in [5.41, 5.74) is 7.47. The third kappa shape index (κ3) is 5.05. The van der Waals surface area contributed by atoms with Gasteiger partial charge in [-0.25, -0.2) is 0 Å². The molecule has 1 fully saturated rings. The number of hydrogen-bond acceptors (Lipinski definition) is 6. The average Bonchev–Trinajstić information content (AvgIpc) is 3.15. The quantitative estimate of drug-likeness (QED) is 0.636. The van der Waals surface area contributed by atoms with E-state index in [1.54, 1.807) is 6.07 Å². The van der Waals surface area contributed by atoms with Crippen LogP contribution in [-0.4, -0.2) is 43.4 Å². The molecule has 3 rings (SSSR count). The summed E-state index contributed by atoms with van der Waals surface area (Å²) < 4.78 is 10.6. The number of aryl methyl sites for hydroxylation is 1. The lowest BCUT2D eigenvalue weighted by molar-refractivity contribution is -0.157. The van der Waals surface area contributed by atoms with Crippen molar-refractivity contribution in [1.82, 2.24) is 0 Å². The number of esters is 1. The molecule has 0 bridgehead atoms. The largest absolute Gasteiger partial charge is 0.495 e. The van der Waals surface area contributed by atoms with Crippen molar-refractivity contribution in [2.24, 2.45) is 11.7 Å². The number of nitrogens with zero attached hydrogens (tertiary/aromatic N) is 1. The number of carbonyl (C=O) groups excluding carboxylic acids is 4. The molecule has 0 saturated carbocycles. The zero-order chi connectivity index (χ0) is 23.4. The molecule has 1 saturated heterocycles. The minimum absolute atomic E-state index is 0.0150. The third-order valence-corrected chi connectivity index (χ3v) is 5.18. The van der Waals surface area contributed by atoms with Crippen LogP contribution < -0.4 is 20.7 Å². The van der Waals surface area contributed by atoms with Crippen LogP contribution in [0.1, 0.15) is 29.3 Å². The van der Waals surface area contributed by atoms with Crippen molar-refractivity contribution in [3.63, 3.8) is 0 Å². The first kappa shape index (κ1) is 22.8. The minimum atomic E-state index is -1.07. The Bertz CT molecular complexity index is 1050. The van der Waals surface area contributed by atoms with Crippen molar-refractivity contribution in [2.75, 3.05) is 23.9 Å². The number of ether oxygens (including phenoxy) is 2. The van der Waals surface area contributed by atoms with Gasteiger partial charge in [0, 0.05) is 24.2 Å². The number of anilines is 2. The Morgan fingerprint density at radius 1 is 1.16 bits per heavy atom. The Morgan fingerprint density at radius 2 is 1.84 bits per heavy atom. The highest BCUT2D eigenvalue weighted by molar-refractivity contribution is 6.01. The van der Waals surface area contributed by atoms with Crippen molar-refractivity contribution >= 4 is 35.1 Å². The van der Waals surface area contributed by atoms with Gasteiger partial charge in [0.05, 0.1) is 18.7 Å². The summed E-state index contributed by atoms with van der Waals surface area (Å²) in [7, 11) is 1.52. The van der Waals surface area contributed by atoms with Gasteiger partial charge in [0.2, 0.25) is 11.8 Å². The number of rotatable bonds is 7. The summed E-state index contributed by atoms with van der Waals surface area (Å²) in [6.07, 6.45) is -1.09. The highest BCUT2D eigenvalue weighted by atomic mass is 16.5. The maximum atomic E-state index is 12.6. The SMILES string of the molecule is COc1ccc(C)cc1N1C[C@H](C(=O)O[C@@H](C)C(=O)Nc2ccc(C(N)=O)cc2)CC1=O. The monoisotopic (exact) mass is 439 g/mol. The van der Waals surface area contributed by atoms with E-state index in [-0.39, 0.29) is 18.9 Å². The first-order chi connectivity index (χ1) is 15.2. The van der Waals surface area contributed by atoms with Crippen LogP contribution in [0.5, 0.6) is 5.75 Å². The number of benzene rings is 2. The van der Waals surface area contributed by atoms with Crippen LogP contribution in [0.4, 0.5) is 11.4 Å². The van der Waals surface area contributed by atoms with Gasteiger partial charge in [0.25, 0.3) is 5.91 Å². The maximum absolute atomic E-state index is 12.6. The molecule has 2 atom stereocenters. The molecule has 3 amide bonds. The third-order valence-electron chi connectivity index (χ3n) is 5.18. The molecule has 0 aromatic heterocycles. The Kier molecular flexibility index (Phi) is 6.77. The second-order valence-corrected chi connectivity index (χ2v) is 7.59. The van der Waals surface area contributed by atoms with E-state index in [1.807, 2.05) is 19.1 Å². The molecule has 2 aromatic rings. The van der Waals surface area contributed by atoms with Crippen LogP contribution in [0, 0.1) is 12.8 Å². The molecule has 0 radical (unpaired) electrons. The van der Waals surface area contributed by atoms with Gasteiger partial charge in [-0.15, -0.1) is 0 Å². The van der Waals surface area contributed by atoms with Gasteiger partial charge in [0.15, 0.2) is 6.10 Å². The van der Waals surface area contributed by atoms with Crippen LogP contribution in [0.15, 0.2) is 42.5 Å². The van der Waals surface area contributed by atoms with Gasteiger partial charge in [-0.05, 0) is 55.8 Å². The fourth-order valence-electron chi connectivity index (χ4n) is 3.39. The summed E-state index contributed by atoms with van der Waals surface area (Å²) in [4.78, 5) is 50.2. The van der Waals surface area contributed by atoms with E-state index in [0.29, 0.717) is 22.7 Å². The van der Waals surface area contributed by atoms with E-state index in [1.165, 1.54) is 43.2 Å². The molecule has 168 valence electrons. The average molecular weight is 439 g/mol. The molecule has 0 unspecified atom stereocenters. The van der Waals surface area contributed by atoms with Crippen LogP contribution >= 0.6 is 0 Å². The van der Waals surface area contributed by atoms with Gasteiger partial charge >= 0.3 is 5.97 Å². The predicted molar refractivity (Wildman–Crippen MR) is 117 cm³/mol.